The average Bonchev–Trinajstić information content (AvgIpc) is 2.12. The van der Waals surface area contributed by atoms with Gasteiger partial charge in [-0.2, -0.15) is 0 Å². The van der Waals surface area contributed by atoms with E-state index in [1.165, 1.54) is 3.57 Å². The Bertz CT molecular complexity index is 472. The molecule has 2 aromatic rings. The highest BCUT2D eigenvalue weighted by atomic mass is 127. The maximum Gasteiger partial charge on any atom is 0.136 e. The second-order valence-electron chi connectivity index (χ2n) is 2.59. The summed E-state index contributed by atoms with van der Waals surface area (Å²) in [6, 6.07) is 6.08. The molecular formula is C9H4BrClIN. The zero-order valence-corrected chi connectivity index (χ0v) is 10.9. The Morgan fingerprint density at radius 3 is 2.85 bits per heavy atom. The second-order valence-corrected chi connectivity index (χ2v) is 5.04. The van der Waals surface area contributed by atoms with E-state index in [9.17, 15) is 0 Å². The van der Waals surface area contributed by atoms with Crippen molar-refractivity contribution < 1.29 is 0 Å². The zero-order chi connectivity index (χ0) is 9.42. The average molecular weight is 368 g/mol. The van der Waals surface area contributed by atoms with Gasteiger partial charge < -0.3 is 0 Å². The molecule has 2 rings (SSSR count). The molecule has 1 heterocycles. The zero-order valence-electron chi connectivity index (χ0n) is 6.39. The fourth-order valence-corrected chi connectivity index (χ4v) is 2.28. The third-order valence-corrected chi connectivity index (χ3v) is 3.36. The van der Waals surface area contributed by atoms with Crippen LogP contribution in [0.5, 0.6) is 0 Å². The van der Waals surface area contributed by atoms with Gasteiger partial charge in [-0.1, -0.05) is 17.7 Å². The lowest BCUT2D eigenvalue weighted by atomic mass is 10.2. The summed E-state index contributed by atoms with van der Waals surface area (Å²) in [5, 5.41) is 2.64. The molecule has 0 N–H and O–H groups in total. The molecule has 1 nitrogen and oxygen atoms in total. The highest BCUT2D eigenvalue weighted by Gasteiger charge is 2.03. The second kappa shape index (κ2) is 3.71. The Morgan fingerprint density at radius 2 is 2.08 bits per heavy atom. The van der Waals surface area contributed by atoms with Crippen molar-refractivity contribution in [2.75, 3.05) is 0 Å². The maximum atomic E-state index is 5.95. The van der Waals surface area contributed by atoms with Crippen molar-refractivity contribution in [2.45, 2.75) is 0 Å². The lowest BCUT2D eigenvalue weighted by Gasteiger charge is -2.02. The van der Waals surface area contributed by atoms with Crippen molar-refractivity contribution in [3.05, 3.63) is 37.6 Å². The van der Waals surface area contributed by atoms with Crippen LogP contribution in [0.1, 0.15) is 0 Å². The van der Waals surface area contributed by atoms with Crippen LogP contribution >= 0.6 is 50.1 Å². The summed E-state index contributed by atoms with van der Waals surface area (Å²) >= 11 is 11.7. The highest BCUT2D eigenvalue weighted by molar-refractivity contribution is 14.1. The molecule has 1 aromatic carbocycles. The predicted molar refractivity (Wildman–Crippen MR) is 67.2 cm³/mol. The molecule has 66 valence electrons. The van der Waals surface area contributed by atoms with Crippen molar-refractivity contribution in [2.24, 2.45) is 0 Å². The first kappa shape index (κ1) is 9.68. The summed E-state index contributed by atoms with van der Waals surface area (Å²) in [7, 11) is 0. The van der Waals surface area contributed by atoms with Gasteiger partial charge in [0.05, 0.1) is 0 Å². The first-order chi connectivity index (χ1) is 6.18. The number of fused-ring (bicyclic) bond motifs is 1. The fourth-order valence-electron chi connectivity index (χ4n) is 1.15. The number of hydrogen-bond acceptors (Lipinski definition) is 1. The van der Waals surface area contributed by atoms with Crippen molar-refractivity contribution in [3.8, 4) is 0 Å². The van der Waals surface area contributed by atoms with Gasteiger partial charge in [0.1, 0.15) is 5.15 Å². The molecule has 0 spiro atoms. The summed E-state index contributed by atoms with van der Waals surface area (Å²) in [5.74, 6) is 0. The van der Waals surface area contributed by atoms with Gasteiger partial charge in [-0.25, -0.2) is 4.98 Å². The first-order valence-corrected chi connectivity index (χ1v) is 5.83. The van der Waals surface area contributed by atoms with Crippen molar-refractivity contribution in [1.29, 1.82) is 0 Å². The molecule has 0 amide bonds. The van der Waals surface area contributed by atoms with Gasteiger partial charge in [0, 0.05) is 25.0 Å². The lowest BCUT2D eigenvalue weighted by molar-refractivity contribution is 1.34. The van der Waals surface area contributed by atoms with Gasteiger partial charge in [0.25, 0.3) is 0 Å². The molecule has 0 saturated carbocycles. The minimum Gasteiger partial charge on any atom is -0.243 e. The van der Waals surface area contributed by atoms with Crippen LogP contribution in [0.25, 0.3) is 10.8 Å². The van der Waals surface area contributed by atoms with E-state index in [1.54, 1.807) is 6.20 Å². The quantitative estimate of drug-likeness (QED) is 0.500. The predicted octanol–water partition coefficient (Wildman–Crippen LogP) is 4.26. The van der Waals surface area contributed by atoms with Crippen LogP contribution in [0.3, 0.4) is 0 Å². The number of aromatic nitrogens is 1. The Kier molecular flexibility index (Phi) is 2.76. The number of rotatable bonds is 0. The molecule has 13 heavy (non-hydrogen) atoms. The number of halogens is 3. The van der Waals surface area contributed by atoms with Gasteiger partial charge in [-0.3, -0.25) is 0 Å². The van der Waals surface area contributed by atoms with Gasteiger partial charge in [0.15, 0.2) is 0 Å². The molecule has 0 radical (unpaired) electrons. The molecule has 0 unspecified atom stereocenters. The van der Waals surface area contributed by atoms with Gasteiger partial charge in [-0.15, -0.1) is 0 Å². The summed E-state index contributed by atoms with van der Waals surface area (Å²) in [5.41, 5.74) is 0. The summed E-state index contributed by atoms with van der Waals surface area (Å²) < 4.78 is 2.17. The van der Waals surface area contributed by atoms with E-state index in [2.05, 4.69) is 49.6 Å². The van der Waals surface area contributed by atoms with Crippen LogP contribution in [-0.2, 0) is 0 Å². The van der Waals surface area contributed by atoms with E-state index < -0.39 is 0 Å². The molecule has 0 aliphatic rings. The van der Waals surface area contributed by atoms with Gasteiger partial charge in [-0.05, 0) is 50.7 Å². The largest absolute Gasteiger partial charge is 0.243 e. The monoisotopic (exact) mass is 367 g/mol. The first-order valence-electron chi connectivity index (χ1n) is 3.58. The van der Waals surface area contributed by atoms with Crippen LogP contribution in [0.2, 0.25) is 5.15 Å². The minimum absolute atomic E-state index is 0.551. The van der Waals surface area contributed by atoms with Crippen LogP contribution < -0.4 is 0 Å². The molecule has 0 saturated heterocycles. The van der Waals surface area contributed by atoms with Crippen molar-refractivity contribution in [3.63, 3.8) is 0 Å². The number of hydrogen-bond donors (Lipinski definition) is 0. The van der Waals surface area contributed by atoms with Crippen LogP contribution in [-0.4, -0.2) is 4.98 Å². The number of nitrogens with zero attached hydrogens (tertiary/aromatic N) is 1. The normalized spacial score (nSPS) is 10.7. The van der Waals surface area contributed by atoms with E-state index in [0.717, 1.165) is 15.2 Å². The maximum absolute atomic E-state index is 5.95. The lowest BCUT2D eigenvalue weighted by Crippen LogP contribution is -1.81. The minimum atomic E-state index is 0.551. The standard InChI is InChI=1S/C9H4BrClIN/c10-8-4-13-9(11)6-2-1-5(12)3-7(6)8/h1-4H. The van der Waals surface area contributed by atoms with Crippen LogP contribution in [0.4, 0.5) is 0 Å². The van der Waals surface area contributed by atoms with E-state index >= 15 is 0 Å². The Balaban J connectivity index is 2.92. The van der Waals surface area contributed by atoms with Crippen LogP contribution in [0, 0.1) is 3.57 Å². The topological polar surface area (TPSA) is 12.9 Å². The van der Waals surface area contributed by atoms with Crippen molar-refractivity contribution in [1.82, 2.24) is 4.98 Å². The van der Waals surface area contributed by atoms with Crippen molar-refractivity contribution >= 4 is 60.9 Å². The van der Waals surface area contributed by atoms with Gasteiger partial charge >= 0.3 is 0 Å². The summed E-state index contributed by atoms with van der Waals surface area (Å²) in [4.78, 5) is 4.05. The molecule has 0 aliphatic heterocycles. The molecule has 4 heteroatoms. The van der Waals surface area contributed by atoms with E-state index in [0.29, 0.717) is 5.15 Å². The SMILES string of the molecule is Clc1ncc(Br)c2cc(I)ccc12. The Morgan fingerprint density at radius 1 is 1.31 bits per heavy atom. The fraction of sp³-hybridized carbons (Fsp3) is 0. The third-order valence-electron chi connectivity index (χ3n) is 1.75. The molecular weight excluding hydrogens is 364 g/mol. The highest BCUT2D eigenvalue weighted by Crippen LogP contribution is 2.28. The molecule has 1 aromatic heterocycles. The van der Waals surface area contributed by atoms with E-state index in [4.69, 9.17) is 11.6 Å². The molecule has 0 atom stereocenters. The molecule has 0 bridgehead atoms. The smallest absolute Gasteiger partial charge is 0.136 e. The summed E-state index contributed by atoms with van der Waals surface area (Å²) in [6.45, 7) is 0. The summed E-state index contributed by atoms with van der Waals surface area (Å²) in [6.07, 6.45) is 1.72. The Labute approximate surface area is 103 Å². The van der Waals surface area contributed by atoms with E-state index in [1.807, 2.05) is 12.1 Å². The number of pyridine rings is 1. The van der Waals surface area contributed by atoms with Gasteiger partial charge in [0.2, 0.25) is 0 Å². The van der Waals surface area contributed by atoms with Crippen LogP contribution in [0.15, 0.2) is 28.9 Å². The molecule has 0 aliphatic carbocycles. The number of benzene rings is 1. The Hall–Kier alpha value is 0.130. The van der Waals surface area contributed by atoms with E-state index in [-0.39, 0.29) is 0 Å². The molecule has 0 fully saturated rings. The third kappa shape index (κ3) is 1.82.